The molecule has 0 aliphatic carbocycles. The van der Waals surface area contributed by atoms with Gasteiger partial charge in [-0.25, -0.2) is 0 Å². The molecule has 110 valence electrons. The van der Waals surface area contributed by atoms with Crippen LogP contribution in [0.25, 0.3) is 0 Å². The summed E-state index contributed by atoms with van der Waals surface area (Å²) in [5, 5.41) is 3.03. The molecule has 21 heavy (non-hydrogen) atoms. The van der Waals surface area contributed by atoms with Crippen molar-refractivity contribution in [2.75, 3.05) is 20.6 Å². The molecule has 0 aliphatic rings. The van der Waals surface area contributed by atoms with Crippen LogP contribution in [0.2, 0.25) is 0 Å². The SMILES string of the molecule is CN(C)C(CNC(=O)c1ccccc1I)c1ccccc1. The number of nitrogens with zero attached hydrogens (tertiary/aromatic N) is 1. The lowest BCUT2D eigenvalue weighted by molar-refractivity contribution is 0.0941. The Labute approximate surface area is 139 Å². The van der Waals surface area contributed by atoms with E-state index in [1.165, 1.54) is 5.56 Å². The summed E-state index contributed by atoms with van der Waals surface area (Å²) in [4.78, 5) is 14.4. The van der Waals surface area contributed by atoms with Gasteiger partial charge < -0.3 is 10.2 Å². The van der Waals surface area contributed by atoms with Crippen LogP contribution in [0.5, 0.6) is 0 Å². The first-order valence-electron chi connectivity index (χ1n) is 6.83. The zero-order valence-corrected chi connectivity index (χ0v) is 14.4. The van der Waals surface area contributed by atoms with Gasteiger partial charge in [-0.05, 0) is 54.4 Å². The predicted molar refractivity (Wildman–Crippen MR) is 94.4 cm³/mol. The van der Waals surface area contributed by atoms with Crippen molar-refractivity contribution in [3.63, 3.8) is 0 Å². The zero-order chi connectivity index (χ0) is 15.2. The minimum atomic E-state index is -0.0252. The number of nitrogens with one attached hydrogen (secondary N) is 1. The summed E-state index contributed by atoms with van der Waals surface area (Å²) in [6.07, 6.45) is 0. The average Bonchev–Trinajstić information content (AvgIpc) is 2.48. The van der Waals surface area contributed by atoms with E-state index >= 15 is 0 Å². The van der Waals surface area contributed by atoms with Gasteiger partial charge in [0.25, 0.3) is 5.91 Å². The molecule has 2 aromatic carbocycles. The van der Waals surface area contributed by atoms with Gasteiger partial charge in [0.1, 0.15) is 0 Å². The molecular formula is C17H19IN2O. The van der Waals surface area contributed by atoms with Gasteiger partial charge in [0, 0.05) is 10.1 Å². The van der Waals surface area contributed by atoms with Crippen LogP contribution >= 0.6 is 22.6 Å². The largest absolute Gasteiger partial charge is 0.350 e. The third kappa shape index (κ3) is 4.28. The first-order valence-corrected chi connectivity index (χ1v) is 7.91. The fourth-order valence-corrected chi connectivity index (χ4v) is 2.84. The number of rotatable bonds is 5. The third-order valence-electron chi connectivity index (χ3n) is 3.38. The molecule has 2 rings (SSSR count). The fourth-order valence-electron chi connectivity index (χ4n) is 2.20. The highest BCUT2D eigenvalue weighted by Crippen LogP contribution is 2.17. The normalized spacial score (nSPS) is 12.2. The Hall–Kier alpha value is -1.40. The van der Waals surface area contributed by atoms with Crippen molar-refractivity contribution in [3.8, 4) is 0 Å². The van der Waals surface area contributed by atoms with Crippen molar-refractivity contribution in [3.05, 3.63) is 69.3 Å². The number of benzene rings is 2. The van der Waals surface area contributed by atoms with Crippen molar-refractivity contribution in [1.29, 1.82) is 0 Å². The molecule has 1 amide bonds. The summed E-state index contributed by atoms with van der Waals surface area (Å²) >= 11 is 2.19. The first-order chi connectivity index (χ1) is 10.1. The van der Waals surface area contributed by atoms with Gasteiger partial charge in [-0.15, -0.1) is 0 Å². The van der Waals surface area contributed by atoms with Crippen molar-refractivity contribution in [1.82, 2.24) is 10.2 Å². The van der Waals surface area contributed by atoms with Crippen LogP contribution in [0.15, 0.2) is 54.6 Å². The smallest absolute Gasteiger partial charge is 0.252 e. The third-order valence-corrected chi connectivity index (χ3v) is 4.32. The van der Waals surface area contributed by atoms with E-state index < -0.39 is 0 Å². The molecule has 0 saturated heterocycles. The van der Waals surface area contributed by atoms with Gasteiger partial charge >= 0.3 is 0 Å². The van der Waals surface area contributed by atoms with E-state index in [0.717, 1.165) is 9.13 Å². The summed E-state index contributed by atoms with van der Waals surface area (Å²) in [6, 6.07) is 18.0. The highest BCUT2D eigenvalue weighted by atomic mass is 127. The molecule has 0 saturated carbocycles. The van der Waals surface area contributed by atoms with Crippen LogP contribution in [-0.4, -0.2) is 31.4 Å². The number of carbonyl (C=O) groups excluding carboxylic acids is 1. The monoisotopic (exact) mass is 394 g/mol. The maximum atomic E-state index is 12.3. The maximum Gasteiger partial charge on any atom is 0.252 e. The van der Waals surface area contributed by atoms with Crippen LogP contribution in [0.1, 0.15) is 22.0 Å². The van der Waals surface area contributed by atoms with E-state index in [2.05, 4.69) is 44.9 Å². The number of hydrogen-bond acceptors (Lipinski definition) is 2. The molecule has 0 heterocycles. The summed E-state index contributed by atoms with van der Waals surface area (Å²) in [5.41, 5.74) is 1.93. The van der Waals surface area contributed by atoms with Gasteiger partial charge in [-0.2, -0.15) is 0 Å². The van der Waals surface area contributed by atoms with Gasteiger partial charge in [0.15, 0.2) is 0 Å². The molecule has 4 heteroatoms. The van der Waals surface area contributed by atoms with E-state index in [1.807, 2.05) is 56.6 Å². The molecule has 1 atom stereocenters. The Balaban J connectivity index is 2.06. The molecule has 0 spiro atoms. The minimum absolute atomic E-state index is 0.0252. The molecule has 0 bridgehead atoms. The highest BCUT2D eigenvalue weighted by molar-refractivity contribution is 14.1. The maximum absolute atomic E-state index is 12.3. The fraction of sp³-hybridized carbons (Fsp3) is 0.235. The molecular weight excluding hydrogens is 375 g/mol. The Kier molecular flexibility index (Phi) is 5.76. The molecule has 3 nitrogen and oxygen atoms in total. The van der Waals surface area contributed by atoms with Gasteiger partial charge in [-0.1, -0.05) is 42.5 Å². The second kappa shape index (κ2) is 7.56. The lowest BCUT2D eigenvalue weighted by atomic mass is 10.1. The molecule has 1 N–H and O–H groups in total. The first kappa shape index (κ1) is 16.0. The number of amides is 1. The van der Waals surface area contributed by atoms with Crippen molar-refractivity contribution < 1.29 is 4.79 Å². The number of halogens is 1. The second-order valence-corrected chi connectivity index (χ2v) is 6.24. The summed E-state index contributed by atoms with van der Waals surface area (Å²) < 4.78 is 0.966. The Morgan fingerprint density at radius 1 is 1.10 bits per heavy atom. The van der Waals surface area contributed by atoms with Crippen molar-refractivity contribution in [2.45, 2.75) is 6.04 Å². The van der Waals surface area contributed by atoms with Gasteiger partial charge in [0.2, 0.25) is 0 Å². The quantitative estimate of drug-likeness (QED) is 0.790. The number of hydrogen-bond donors (Lipinski definition) is 1. The second-order valence-electron chi connectivity index (χ2n) is 5.08. The summed E-state index contributed by atoms with van der Waals surface area (Å²) in [6.45, 7) is 0.584. The van der Waals surface area contributed by atoms with Crippen LogP contribution in [0, 0.1) is 3.57 Å². The molecule has 0 radical (unpaired) electrons. The zero-order valence-electron chi connectivity index (χ0n) is 12.2. The standard InChI is InChI=1S/C17H19IN2O/c1-20(2)16(13-8-4-3-5-9-13)12-19-17(21)14-10-6-7-11-15(14)18/h3-11,16H,12H2,1-2H3,(H,19,21). The lowest BCUT2D eigenvalue weighted by Gasteiger charge is -2.25. The molecule has 2 aromatic rings. The van der Waals surface area contributed by atoms with Crippen LogP contribution < -0.4 is 5.32 Å². The molecule has 0 aliphatic heterocycles. The van der Waals surface area contributed by atoms with Gasteiger partial charge in [0.05, 0.1) is 11.6 Å². The summed E-state index contributed by atoms with van der Waals surface area (Å²) in [7, 11) is 4.05. The predicted octanol–water partition coefficient (Wildman–Crippen LogP) is 3.32. The minimum Gasteiger partial charge on any atom is -0.350 e. The van der Waals surface area contributed by atoms with Crippen LogP contribution in [0.3, 0.4) is 0 Å². The highest BCUT2D eigenvalue weighted by Gasteiger charge is 2.16. The van der Waals surface area contributed by atoms with Crippen molar-refractivity contribution >= 4 is 28.5 Å². The Morgan fingerprint density at radius 3 is 2.33 bits per heavy atom. The molecule has 0 fully saturated rings. The Bertz CT molecular complexity index is 599. The molecule has 1 unspecified atom stereocenters. The number of carbonyl (C=O) groups is 1. The van der Waals surface area contributed by atoms with Crippen LogP contribution in [-0.2, 0) is 0 Å². The number of likely N-dealkylation sites (N-methyl/N-ethyl adjacent to an activating group) is 1. The van der Waals surface area contributed by atoms with Gasteiger partial charge in [-0.3, -0.25) is 4.79 Å². The van der Waals surface area contributed by atoms with E-state index in [0.29, 0.717) is 6.54 Å². The Morgan fingerprint density at radius 2 is 1.71 bits per heavy atom. The average molecular weight is 394 g/mol. The topological polar surface area (TPSA) is 32.3 Å². The summed E-state index contributed by atoms with van der Waals surface area (Å²) in [5.74, 6) is -0.0252. The van der Waals surface area contributed by atoms with E-state index in [-0.39, 0.29) is 11.9 Å². The lowest BCUT2D eigenvalue weighted by Crippen LogP contribution is -2.34. The van der Waals surface area contributed by atoms with Crippen LogP contribution in [0.4, 0.5) is 0 Å². The molecule has 0 aromatic heterocycles. The van der Waals surface area contributed by atoms with E-state index in [9.17, 15) is 4.79 Å². The van der Waals surface area contributed by atoms with E-state index in [4.69, 9.17) is 0 Å². The van der Waals surface area contributed by atoms with Crippen molar-refractivity contribution in [2.24, 2.45) is 0 Å². The van der Waals surface area contributed by atoms with E-state index in [1.54, 1.807) is 0 Å².